The molecule has 1 aliphatic rings. The van der Waals surface area contributed by atoms with Gasteiger partial charge in [-0.25, -0.2) is 0 Å². The van der Waals surface area contributed by atoms with Gasteiger partial charge in [-0.2, -0.15) is 0 Å². The largest absolute Gasteiger partial charge is 0.396 e. The van der Waals surface area contributed by atoms with Crippen molar-refractivity contribution < 1.29 is 9.90 Å². The summed E-state index contributed by atoms with van der Waals surface area (Å²) in [5, 5.41) is 12.1. The summed E-state index contributed by atoms with van der Waals surface area (Å²) >= 11 is 1.56. The van der Waals surface area contributed by atoms with Crippen LogP contribution in [0.3, 0.4) is 0 Å². The summed E-state index contributed by atoms with van der Waals surface area (Å²) < 4.78 is 0. The number of aliphatic hydroxyl groups is 1. The maximum atomic E-state index is 11.2. The van der Waals surface area contributed by atoms with Crippen molar-refractivity contribution in [2.45, 2.75) is 24.2 Å². The van der Waals surface area contributed by atoms with Crippen molar-refractivity contribution in [3.05, 3.63) is 23.8 Å². The molecule has 3 nitrogen and oxygen atoms in total. The minimum absolute atomic E-state index is 0.0550. The van der Waals surface area contributed by atoms with E-state index in [1.165, 1.54) is 0 Å². The lowest BCUT2D eigenvalue weighted by molar-refractivity contribution is -0.113. The van der Waals surface area contributed by atoms with Crippen LogP contribution >= 0.6 is 11.8 Å². The van der Waals surface area contributed by atoms with Gasteiger partial charge in [0.25, 0.3) is 0 Å². The van der Waals surface area contributed by atoms with Gasteiger partial charge in [0.05, 0.1) is 11.4 Å². The van der Waals surface area contributed by atoms with Gasteiger partial charge in [0.2, 0.25) is 5.91 Å². The molecule has 2 N–H and O–H groups in total. The van der Waals surface area contributed by atoms with Crippen LogP contribution in [0, 0.1) is 0 Å². The number of aliphatic hydroxyl groups excluding tert-OH is 1. The smallest absolute Gasteiger partial charge is 0.234 e. The zero-order valence-corrected chi connectivity index (χ0v) is 10.0. The summed E-state index contributed by atoms with van der Waals surface area (Å²) in [6.07, 6.45) is 0.923. The quantitative estimate of drug-likeness (QED) is 0.847. The molecule has 1 aromatic rings. The number of benzene rings is 1. The first-order valence-electron chi connectivity index (χ1n) is 5.42. The van der Waals surface area contributed by atoms with Gasteiger partial charge in [-0.1, -0.05) is 13.0 Å². The van der Waals surface area contributed by atoms with Crippen LogP contribution in [0.15, 0.2) is 23.1 Å². The van der Waals surface area contributed by atoms with Gasteiger partial charge in [0.15, 0.2) is 0 Å². The summed E-state index contributed by atoms with van der Waals surface area (Å²) in [6, 6.07) is 5.98. The molecule has 0 spiro atoms. The summed E-state index contributed by atoms with van der Waals surface area (Å²) in [5.41, 5.74) is 2.03. The molecule has 1 unspecified atom stereocenters. The number of hydrogen-bond donors (Lipinski definition) is 2. The highest BCUT2D eigenvalue weighted by Gasteiger charge is 2.17. The molecule has 16 heavy (non-hydrogen) atoms. The van der Waals surface area contributed by atoms with Crippen LogP contribution in [-0.2, 0) is 4.79 Å². The van der Waals surface area contributed by atoms with E-state index in [9.17, 15) is 9.90 Å². The number of rotatable bonds is 3. The SMILES string of the molecule is CCC(CO)c1ccc2c(c1)SCC(=O)N2. The second kappa shape index (κ2) is 4.89. The average molecular weight is 237 g/mol. The Kier molecular flexibility index (Phi) is 3.51. The van der Waals surface area contributed by atoms with Gasteiger partial charge in [0.1, 0.15) is 0 Å². The molecule has 0 bridgehead atoms. The molecule has 1 atom stereocenters. The molecule has 0 aromatic heterocycles. The Bertz CT molecular complexity index is 402. The molecule has 2 rings (SSSR count). The van der Waals surface area contributed by atoms with Gasteiger partial charge in [-0.05, 0) is 24.1 Å². The fourth-order valence-corrected chi connectivity index (χ4v) is 2.67. The highest BCUT2D eigenvalue weighted by Crippen LogP contribution is 2.34. The van der Waals surface area contributed by atoms with Gasteiger partial charge in [-0.15, -0.1) is 11.8 Å². The Balaban J connectivity index is 2.28. The number of anilines is 1. The first kappa shape index (κ1) is 11.5. The normalized spacial score (nSPS) is 16.5. The molecule has 0 saturated heterocycles. The third kappa shape index (κ3) is 2.23. The molecule has 86 valence electrons. The lowest BCUT2D eigenvalue weighted by Gasteiger charge is -2.19. The maximum Gasteiger partial charge on any atom is 0.234 e. The lowest BCUT2D eigenvalue weighted by atomic mass is 9.97. The molecule has 0 radical (unpaired) electrons. The number of thioether (sulfide) groups is 1. The molecular formula is C12H15NO2S. The monoisotopic (exact) mass is 237 g/mol. The van der Waals surface area contributed by atoms with E-state index in [0.29, 0.717) is 5.75 Å². The fourth-order valence-electron chi connectivity index (χ4n) is 1.82. The highest BCUT2D eigenvalue weighted by atomic mass is 32.2. The topological polar surface area (TPSA) is 49.3 Å². The van der Waals surface area contributed by atoms with Crippen LogP contribution in [0.2, 0.25) is 0 Å². The second-order valence-corrected chi connectivity index (χ2v) is 4.90. The number of carbonyl (C=O) groups excluding carboxylic acids is 1. The Morgan fingerprint density at radius 3 is 3.06 bits per heavy atom. The molecule has 1 aromatic carbocycles. The van der Waals surface area contributed by atoms with Crippen LogP contribution < -0.4 is 5.32 Å². The van der Waals surface area contributed by atoms with Gasteiger partial charge >= 0.3 is 0 Å². The third-order valence-electron chi connectivity index (χ3n) is 2.82. The highest BCUT2D eigenvalue weighted by molar-refractivity contribution is 8.00. The number of fused-ring (bicyclic) bond motifs is 1. The summed E-state index contributed by atoms with van der Waals surface area (Å²) in [7, 11) is 0. The van der Waals surface area contributed by atoms with Crippen molar-refractivity contribution in [2.24, 2.45) is 0 Å². The van der Waals surface area contributed by atoms with E-state index in [1.54, 1.807) is 11.8 Å². The van der Waals surface area contributed by atoms with Crippen LogP contribution in [0.4, 0.5) is 5.69 Å². The molecule has 0 aliphatic carbocycles. The average Bonchev–Trinajstić information content (AvgIpc) is 2.31. The molecular weight excluding hydrogens is 222 g/mol. The van der Waals surface area contributed by atoms with Crippen LogP contribution in [0.1, 0.15) is 24.8 Å². The molecule has 0 saturated carbocycles. The Hall–Kier alpha value is -1.00. The molecule has 1 amide bonds. The van der Waals surface area contributed by atoms with Gasteiger partial charge in [0, 0.05) is 17.4 Å². The predicted molar refractivity (Wildman–Crippen MR) is 65.9 cm³/mol. The van der Waals surface area contributed by atoms with Crippen molar-refractivity contribution in [2.75, 3.05) is 17.7 Å². The number of amides is 1. The van der Waals surface area contributed by atoms with Gasteiger partial charge in [-0.3, -0.25) is 4.79 Å². The van der Waals surface area contributed by atoms with E-state index in [1.807, 2.05) is 12.1 Å². The van der Waals surface area contributed by atoms with E-state index < -0.39 is 0 Å². The van der Waals surface area contributed by atoms with E-state index in [2.05, 4.69) is 18.3 Å². The fraction of sp³-hybridized carbons (Fsp3) is 0.417. The van der Waals surface area contributed by atoms with E-state index in [4.69, 9.17) is 0 Å². The van der Waals surface area contributed by atoms with Crippen LogP contribution in [0.25, 0.3) is 0 Å². The van der Waals surface area contributed by atoms with Crippen LogP contribution in [-0.4, -0.2) is 23.4 Å². The molecule has 4 heteroatoms. The Morgan fingerprint density at radius 2 is 2.38 bits per heavy atom. The van der Waals surface area contributed by atoms with E-state index in [-0.39, 0.29) is 18.4 Å². The lowest BCUT2D eigenvalue weighted by Crippen LogP contribution is -2.18. The molecule has 0 fully saturated rings. The standard InChI is InChI=1S/C12H15NO2S/c1-2-8(6-14)9-3-4-10-11(5-9)16-7-12(15)13-10/h3-5,8,14H,2,6-7H2,1H3,(H,13,15). The minimum Gasteiger partial charge on any atom is -0.396 e. The van der Waals surface area contributed by atoms with Crippen molar-refractivity contribution in [1.82, 2.24) is 0 Å². The summed E-state index contributed by atoms with van der Waals surface area (Å²) in [4.78, 5) is 12.3. The second-order valence-electron chi connectivity index (χ2n) is 3.88. The summed E-state index contributed by atoms with van der Waals surface area (Å²) in [6.45, 7) is 2.24. The zero-order chi connectivity index (χ0) is 11.5. The van der Waals surface area contributed by atoms with E-state index in [0.717, 1.165) is 22.6 Å². The van der Waals surface area contributed by atoms with Crippen molar-refractivity contribution in [1.29, 1.82) is 0 Å². The Labute approximate surface area is 99.2 Å². The zero-order valence-electron chi connectivity index (χ0n) is 9.19. The number of nitrogens with one attached hydrogen (secondary N) is 1. The molecule has 1 aliphatic heterocycles. The van der Waals surface area contributed by atoms with Crippen molar-refractivity contribution in [3.8, 4) is 0 Å². The first-order valence-corrected chi connectivity index (χ1v) is 6.40. The predicted octanol–water partition coefficient (Wildman–Crippen LogP) is 2.22. The van der Waals surface area contributed by atoms with Crippen molar-refractivity contribution >= 4 is 23.4 Å². The minimum atomic E-state index is 0.0550. The maximum absolute atomic E-state index is 11.2. The van der Waals surface area contributed by atoms with E-state index >= 15 is 0 Å². The summed E-state index contributed by atoms with van der Waals surface area (Å²) in [5.74, 6) is 0.731. The molecule has 1 heterocycles. The Morgan fingerprint density at radius 1 is 1.56 bits per heavy atom. The van der Waals surface area contributed by atoms with Crippen LogP contribution in [0.5, 0.6) is 0 Å². The third-order valence-corrected chi connectivity index (χ3v) is 3.88. The first-order chi connectivity index (χ1) is 7.74. The van der Waals surface area contributed by atoms with Gasteiger partial charge < -0.3 is 10.4 Å². The number of hydrogen-bond acceptors (Lipinski definition) is 3. The number of carbonyl (C=O) groups is 1. The van der Waals surface area contributed by atoms with Crippen molar-refractivity contribution in [3.63, 3.8) is 0 Å².